The Morgan fingerprint density at radius 2 is 2.00 bits per heavy atom. The second kappa shape index (κ2) is 7.50. The van der Waals surface area contributed by atoms with Gasteiger partial charge >= 0.3 is 0 Å². The number of hydrogen-bond donors (Lipinski definition) is 0. The van der Waals surface area contributed by atoms with E-state index in [-0.39, 0.29) is 5.91 Å². The van der Waals surface area contributed by atoms with E-state index in [1.54, 1.807) is 35.7 Å². The summed E-state index contributed by atoms with van der Waals surface area (Å²) in [6.45, 7) is 3.00. The van der Waals surface area contributed by atoms with Crippen LogP contribution in [0.2, 0.25) is 0 Å². The molecule has 0 radical (unpaired) electrons. The molecule has 0 aliphatic carbocycles. The number of carbonyl (C=O) groups excluding carboxylic acids is 1. The van der Waals surface area contributed by atoms with Crippen molar-refractivity contribution in [3.8, 4) is 0 Å². The van der Waals surface area contributed by atoms with Crippen molar-refractivity contribution in [2.75, 3.05) is 36.8 Å². The molecule has 1 aliphatic heterocycles. The summed E-state index contributed by atoms with van der Waals surface area (Å²) in [4.78, 5) is 24.7. The SMILES string of the molecule is O=C(CCSc1nncs1)N1CCN(c2ncccn2)CC1. The maximum absolute atomic E-state index is 12.2. The highest BCUT2D eigenvalue weighted by molar-refractivity contribution is 8.01. The van der Waals surface area contributed by atoms with E-state index in [9.17, 15) is 4.79 Å². The lowest BCUT2D eigenvalue weighted by Gasteiger charge is -2.34. The summed E-state index contributed by atoms with van der Waals surface area (Å²) in [7, 11) is 0. The van der Waals surface area contributed by atoms with E-state index >= 15 is 0 Å². The largest absolute Gasteiger partial charge is 0.339 e. The molecular weight excluding hydrogens is 320 g/mol. The number of piperazine rings is 1. The Morgan fingerprint density at radius 3 is 2.68 bits per heavy atom. The van der Waals surface area contributed by atoms with Crippen LogP contribution in [-0.4, -0.2) is 62.9 Å². The van der Waals surface area contributed by atoms with Crippen molar-refractivity contribution < 1.29 is 4.79 Å². The first-order valence-corrected chi connectivity index (χ1v) is 8.88. The van der Waals surface area contributed by atoms with E-state index in [0.717, 1.165) is 42.2 Å². The second-order valence-corrected chi connectivity index (χ2v) is 6.89. The maximum atomic E-state index is 12.2. The summed E-state index contributed by atoms with van der Waals surface area (Å²) in [5.74, 6) is 1.68. The van der Waals surface area contributed by atoms with Gasteiger partial charge < -0.3 is 9.80 Å². The molecule has 9 heteroatoms. The molecule has 0 spiro atoms. The lowest BCUT2D eigenvalue weighted by molar-refractivity contribution is -0.131. The third-order valence-corrected chi connectivity index (χ3v) is 5.21. The maximum Gasteiger partial charge on any atom is 0.225 e. The monoisotopic (exact) mass is 336 g/mol. The Morgan fingerprint density at radius 1 is 1.23 bits per heavy atom. The fraction of sp³-hybridized carbons (Fsp3) is 0.462. The van der Waals surface area contributed by atoms with Crippen molar-refractivity contribution in [2.24, 2.45) is 0 Å². The zero-order valence-electron chi connectivity index (χ0n) is 12.0. The quantitative estimate of drug-likeness (QED) is 0.758. The molecule has 22 heavy (non-hydrogen) atoms. The summed E-state index contributed by atoms with van der Waals surface area (Å²) in [5, 5.41) is 7.74. The van der Waals surface area contributed by atoms with Gasteiger partial charge in [-0.05, 0) is 6.07 Å². The number of nitrogens with zero attached hydrogens (tertiary/aromatic N) is 6. The lowest BCUT2D eigenvalue weighted by Crippen LogP contribution is -2.49. The molecule has 116 valence electrons. The van der Waals surface area contributed by atoms with Gasteiger partial charge in [0.15, 0.2) is 4.34 Å². The molecule has 2 aromatic heterocycles. The van der Waals surface area contributed by atoms with E-state index in [1.807, 2.05) is 4.90 Å². The highest BCUT2D eigenvalue weighted by Crippen LogP contribution is 2.20. The number of thioether (sulfide) groups is 1. The fourth-order valence-corrected chi connectivity index (χ4v) is 3.71. The number of amides is 1. The van der Waals surface area contributed by atoms with Gasteiger partial charge in [0, 0.05) is 50.7 Å². The average Bonchev–Trinajstić information content (AvgIpc) is 3.09. The number of anilines is 1. The summed E-state index contributed by atoms with van der Waals surface area (Å²) >= 11 is 3.09. The molecule has 3 rings (SSSR count). The van der Waals surface area contributed by atoms with E-state index in [1.165, 1.54) is 11.3 Å². The van der Waals surface area contributed by atoms with Crippen molar-refractivity contribution in [1.82, 2.24) is 25.1 Å². The molecule has 7 nitrogen and oxygen atoms in total. The fourth-order valence-electron chi connectivity index (χ4n) is 2.22. The van der Waals surface area contributed by atoms with Crippen LogP contribution in [0.3, 0.4) is 0 Å². The number of hydrogen-bond acceptors (Lipinski definition) is 8. The summed E-state index contributed by atoms with van der Waals surface area (Å²) in [5.41, 5.74) is 1.70. The van der Waals surface area contributed by atoms with Gasteiger partial charge in [0.2, 0.25) is 11.9 Å². The van der Waals surface area contributed by atoms with Crippen molar-refractivity contribution in [1.29, 1.82) is 0 Å². The Labute approximate surface area is 136 Å². The van der Waals surface area contributed by atoms with E-state index in [0.29, 0.717) is 6.42 Å². The molecule has 2 aromatic rings. The molecule has 1 saturated heterocycles. The minimum Gasteiger partial charge on any atom is -0.339 e. The molecule has 1 amide bonds. The van der Waals surface area contributed by atoms with Crippen LogP contribution in [0.25, 0.3) is 0 Å². The smallest absolute Gasteiger partial charge is 0.225 e. The third kappa shape index (κ3) is 3.92. The van der Waals surface area contributed by atoms with Crippen LogP contribution in [0, 0.1) is 0 Å². The van der Waals surface area contributed by atoms with E-state index in [4.69, 9.17) is 0 Å². The summed E-state index contributed by atoms with van der Waals surface area (Å²) in [6.07, 6.45) is 4.02. The van der Waals surface area contributed by atoms with Crippen LogP contribution in [0.5, 0.6) is 0 Å². The Hall–Kier alpha value is -1.74. The van der Waals surface area contributed by atoms with E-state index in [2.05, 4.69) is 25.1 Å². The standard InChI is InChI=1S/C13H16N6OS2/c20-11(2-9-21-13-17-16-10-22-13)18-5-7-19(8-6-18)12-14-3-1-4-15-12/h1,3-4,10H,2,5-9H2. The van der Waals surface area contributed by atoms with Gasteiger partial charge in [-0.25, -0.2) is 9.97 Å². The van der Waals surface area contributed by atoms with Crippen LogP contribution >= 0.6 is 23.1 Å². The zero-order chi connectivity index (χ0) is 15.2. The van der Waals surface area contributed by atoms with Crippen LogP contribution in [0.1, 0.15) is 6.42 Å². The van der Waals surface area contributed by atoms with Crippen LogP contribution in [0.15, 0.2) is 28.3 Å². The minimum atomic E-state index is 0.200. The Balaban J connectivity index is 1.42. The second-order valence-electron chi connectivity index (χ2n) is 4.72. The van der Waals surface area contributed by atoms with Gasteiger partial charge in [-0.2, -0.15) is 0 Å². The first kappa shape index (κ1) is 15.2. The Kier molecular flexibility index (Phi) is 5.17. The van der Waals surface area contributed by atoms with Gasteiger partial charge in [-0.3, -0.25) is 4.79 Å². The first-order valence-electron chi connectivity index (χ1n) is 7.01. The van der Waals surface area contributed by atoms with Crippen molar-refractivity contribution >= 4 is 35.0 Å². The highest BCUT2D eigenvalue weighted by atomic mass is 32.2. The highest BCUT2D eigenvalue weighted by Gasteiger charge is 2.22. The van der Waals surface area contributed by atoms with E-state index < -0.39 is 0 Å². The molecule has 0 atom stereocenters. The first-order chi connectivity index (χ1) is 10.8. The molecule has 0 bridgehead atoms. The van der Waals surface area contributed by atoms with Crippen LogP contribution < -0.4 is 4.90 Å². The summed E-state index contributed by atoms with van der Waals surface area (Å²) < 4.78 is 0.916. The summed E-state index contributed by atoms with van der Waals surface area (Å²) in [6, 6.07) is 1.80. The number of carbonyl (C=O) groups is 1. The third-order valence-electron chi connectivity index (χ3n) is 3.35. The zero-order valence-corrected chi connectivity index (χ0v) is 13.6. The van der Waals surface area contributed by atoms with Gasteiger partial charge in [0.25, 0.3) is 0 Å². The van der Waals surface area contributed by atoms with Crippen molar-refractivity contribution in [3.05, 3.63) is 24.0 Å². The van der Waals surface area contributed by atoms with Crippen LogP contribution in [-0.2, 0) is 4.79 Å². The lowest BCUT2D eigenvalue weighted by atomic mass is 10.3. The van der Waals surface area contributed by atoms with Crippen molar-refractivity contribution in [3.63, 3.8) is 0 Å². The molecule has 1 fully saturated rings. The van der Waals surface area contributed by atoms with Crippen LogP contribution in [0.4, 0.5) is 5.95 Å². The molecule has 3 heterocycles. The molecular formula is C13H16N6OS2. The minimum absolute atomic E-state index is 0.200. The van der Waals surface area contributed by atoms with Gasteiger partial charge in [0.1, 0.15) is 5.51 Å². The van der Waals surface area contributed by atoms with Gasteiger partial charge in [-0.1, -0.05) is 23.1 Å². The predicted octanol–water partition coefficient (Wildman–Crippen LogP) is 1.16. The number of aromatic nitrogens is 4. The normalized spacial score (nSPS) is 15.1. The van der Waals surface area contributed by atoms with Gasteiger partial charge in [-0.15, -0.1) is 10.2 Å². The Bertz CT molecular complexity index is 586. The van der Waals surface area contributed by atoms with Crippen molar-refractivity contribution in [2.45, 2.75) is 10.8 Å². The van der Waals surface area contributed by atoms with Gasteiger partial charge in [0.05, 0.1) is 0 Å². The molecule has 0 saturated carbocycles. The average molecular weight is 336 g/mol. The topological polar surface area (TPSA) is 75.1 Å². The molecule has 0 unspecified atom stereocenters. The number of rotatable bonds is 5. The molecule has 0 aromatic carbocycles. The predicted molar refractivity (Wildman–Crippen MR) is 86.1 cm³/mol. The molecule has 1 aliphatic rings. The molecule has 0 N–H and O–H groups in total.